The van der Waals surface area contributed by atoms with Crippen LogP contribution in [0.5, 0.6) is 0 Å². The molecule has 3 heterocycles. The first-order valence-corrected chi connectivity index (χ1v) is 5.70. The van der Waals surface area contributed by atoms with Crippen LogP contribution in [-0.2, 0) is 0 Å². The van der Waals surface area contributed by atoms with Crippen molar-refractivity contribution in [2.75, 3.05) is 32.7 Å². The zero-order valence-electron chi connectivity index (χ0n) is 8.50. The van der Waals surface area contributed by atoms with Crippen LogP contribution >= 0.6 is 0 Å². The van der Waals surface area contributed by atoms with Crippen LogP contribution in [0.3, 0.4) is 0 Å². The van der Waals surface area contributed by atoms with Crippen LogP contribution in [0.1, 0.15) is 12.8 Å². The van der Waals surface area contributed by atoms with E-state index in [1.165, 1.54) is 32.5 Å². The lowest BCUT2D eigenvalue weighted by atomic mass is 9.93. The first-order chi connectivity index (χ1) is 6.93. The second-order valence-electron chi connectivity index (χ2n) is 4.48. The van der Waals surface area contributed by atoms with Crippen molar-refractivity contribution in [3.8, 4) is 0 Å². The number of hydrogen-bond acceptors (Lipinski definition) is 4. The Morgan fingerprint density at radius 1 is 1.29 bits per heavy atom. The number of guanidine groups is 1. The standard InChI is InChI=1S/C10H18N4/c1-3-11-9-2-6-14(7-8(1)9)10-12-4-5-13-10/h8-9,11H,1-7H2,(H,12,13). The SMILES string of the molecule is C1CNC(N2CCC3NCCC3C2)=N1. The molecular formula is C10H18N4. The summed E-state index contributed by atoms with van der Waals surface area (Å²) in [5, 5.41) is 6.94. The third kappa shape index (κ3) is 1.38. The van der Waals surface area contributed by atoms with E-state index in [-0.39, 0.29) is 0 Å². The highest BCUT2D eigenvalue weighted by Gasteiger charge is 2.33. The van der Waals surface area contributed by atoms with Gasteiger partial charge in [-0.1, -0.05) is 0 Å². The Hall–Kier alpha value is -0.770. The molecule has 4 nitrogen and oxygen atoms in total. The number of likely N-dealkylation sites (tertiary alicyclic amines) is 1. The minimum absolute atomic E-state index is 0.785. The number of nitrogens with one attached hydrogen (secondary N) is 2. The van der Waals surface area contributed by atoms with Crippen LogP contribution in [0.2, 0.25) is 0 Å². The zero-order chi connectivity index (χ0) is 9.38. The van der Waals surface area contributed by atoms with Gasteiger partial charge in [-0.05, 0) is 25.3 Å². The average molecular weight is 194 g/mol. The molecule has 0 radical (unpaired) electrons. The normalized spacial score (nSPS) is 36.6. The number of rotatable bonds is 0. The van der Waals surface area contributed by atoms with Crippen LogP contribution in [0.25, 0.3) is 0 Å². The minimum atomic E-state index is 0.785. The second-order valence-corrected chi connectivity index (χ2v) is 4.48. The van der Waals surface area contributed by atoms with Gasteiger partial charge in [-0.25, -0.2) is 0 Å². The molecule has 2 fully saturated rings. The van der Waals surface area contributed by atoms with Crippen LogP contribution in [-0.4, -0.2) is 49.6 Å². The van der Waals surface area contributed by atoms with Gasteiger partial charge in [-0.15, -0.1) is 0 Å². The number of nitrogens with zero attached hydrogens (tertiary/aromatic N) is 2. The molecule has 4 heteroatoms. The first kappa shape index (κ1) is 8.53. The molecule has 0 saturated carbocycles. The lowest BCUT2D eigenvalue weighted by Gasteiger charge is -2.35. The predicted octanol–water partition coefficient (Wildman–Crippen LogP) is -0.371. The summed E-state index contributed by atoms with van der Waals surface area (Å²) in [4.78, 5) is 6.92. The molecule has 2 N–H and O–H groups in total. The topological polar surface area (TPSA) is 39.7 Å². The van der Waals surface area contributed by atoms with Gasteiger partial charge in [0.25, 0.3) is 0 Å². The summed E-state index contributed by atoms with van der Waals surface area (Å²) in [5.74, 6) is 2.00. The van der Waals surface area contributed by atoms with Crippen molar-refractivity contribution in [3.05, 3.63) is 0 Å². The molecule has 0 bridgehead atoms. The quantitative estimate of drug-likeness (QED) is 0.553. The lowest BCUT2D eigenvalue weighted by Crippen LogP contribution is -2.49. The Balaban J connectivity index is 1.66. The molecular weight excluding hydrogens is 176 g/mol. The van der Waals surface area contributed by atoms with E-state index in [1.54, 1.807) is 0 Å². The van der Waals surface area contributed by atoms with Crippen molar-refractivity contribution in [2.45, 2.75) is 18.9 Å². The molecule has 0 spiro atoms. The molecule has 3 aliphatic rings. The first-order valence-electron chi connectivity index (χ1n) is 5.70. The van der Waals surface area contributed by atoms with Gasteiger partial charge in [-0.2, -0.15) is 0 Å². The van der Waals surface area contributed by atoms with Crippen LogP contribution in [0.15, 0.2) is 4.99 Å². The van der Waals surface area contributed by atoms with E-state index in [0.717, 1.165) is 31.0 Å². The van der Waals surface area contributed by atoms with Gasteiger partial charge in [0.2, 0.25) is 0 Å². The van der Waals surface area contributed by atoms with E-state index >= 15 is 0 Å². The highest BCUT2D eigenvalue weighted by atomic mass is 15.3. The van der Waals surface area contributed by atoms with Gasteiger partial charge in [0.1, 0.15) is 0 Å². The van der Waals surface area contributed by atoms with Gasteiger partial charge in [0.15, 0.2) is 5.96 Å². The van der Waals surface area contributed by atoms with Crippen molar-refractivity contribution >= 4 is 5.96 Å². The van der Waals surface area contributed by atoms with E-state index in [4.69, 9.17) is 0 Å². The third-order valence-electron chi connectivity index (χ3n) is 3.61. The Morgan fingerprint density at radius 3 is 3.14 bits per heavy atom. The van der Waals surface area contributed by atoms with Crippen molar-refractivity contribution < 1.29 is 0 Å². The summed E-state index contributed by atoms with van der Waals surface area (Å²) in [5.41, 5.74) is 0. The summed E-state index contributed by atoms with van der Waals surface area (Å²) in [6.07, 6.45) is 2.62. The van der Waals surface area contributed by atoms with E-state index in [9.17, 15) is 0 Å². The van der Waals surface area contributed by atoms with Gasteiger partial charge in [0, 0.05) is 25.7 Å². The van der Waals surface area contributed by atoms with Crippen LogP contribution in [0.4, 0.5) is 0 Å². The fraction of sp³-hybridized carbons (Fsp3) is 0.900. The zero-order valence-corrected chi connectivity index (χ0v) is 8.50. The molecule has 0 amide bonds. The van der Waals surface area contributed by atoms with E-state index in [0.29, 0.717) is 0 Å². The molecule has 2 unspecified atom stereocenters. The summed E-state index contributed by atoms with van der Waals surface area (Å²) in [6, 6.07) is 0.785. The predicted molar refractivity (Wildman–Crippen MR) is 56.4 cm³/mol. The maximum atomic E-state index is 4.48. The Morgan fingerprint density at radius 2 is 2.29 bits per heavy atom. The molecule has 3 aliphatic heterocycles. The molecule has 78 valence electrons. The van der Waals surface area contributed by atoms with E-state index in [2.05, 4.69) is 20.5 Å². The molecule has 0 aromatic rings. The van der Waals surface area contributed by atoms with Crippen LogP contribution in [0, 0.1) is 5.92 Å². The van der Waals surface area contributed by atoms with Crippen molar-refractivity contribution in [2.24, 2.45) is 10.9 Å². The van der Waals surface area contributed by atoms with Crippen molar-refractivity contribution in [3.63, 3.8) is 0 Å². The minimum Gasteiger partial charge on any atom is -0.354 e. The van der Waals surface area contributed by atoms with Crippen molar-refractivity contribution in [1.82, 2.24) is 15.5 Å². The van der Waals surface area contributed by atoms with Crippen LogP contribution < -0.4 is 10.6 Å². The second kappa shape index (κ2) is 3.42. The van der Waals surface area contributed by atoms with Gasteiger partial charge in [-0.3, -0.25) is 4.99 Å². The summed E-state index contributed by atoms with van der Waals surface area (Å²) < 4.78 is 0. The fourth-order valence-corrected chi connectivity index (χ4v) is 2.84. The van der Waals surface area contributed by atoms with E-state index < -0.39 is 0 Å². The summed E-state index contributed by atoms with van der Waals surface area (Å²) >= 11 is 0. The van der Waals surface area contributed by atoms with Gasteiger partial charge >= 0.3 is 0 Å². The Labute approximate surface area is 84.8 Å². The Bertz CT molecular complexity index is 251. The van der Waals surface area contributed by atoms with Gasteiger partial charge in [0.05, 0.1) is 6.54 Å². The molecule has 0 aliphatic carbocycles. The van der Waals surface area contributed by atoms with Crippen molar-refractivity contribution in [1.29, 1.82) is 0 Å². The van der Waals surface area contributed by atoms with Gasteiger partial charge < -0.3 is 15.5 Å². The van der Waals surface area contributed by atoms with E-state index in [1.807, 2.05) is 0 Å². The number of fused-ring (bicyclic) bond motifs is 1. The number of hydrogen-bond donors (Lipinski definition) is 2. The maximum Gasteiger partial charge on any atom is 0.194 e. The summed E-state index contributed by atoms with van der Waals surface area (Å²) in [7, 11) is 0. The molecule has 0 aromatic carbocycles. The lowest BCUT2D eigenvalue weighted by molar-refractivity contribution is 0.235. The molecule has 3 rings (SSSR count). The molecule has 0 aromatic heterocycles. The Kier molecular flexibility index (Phi) is 2.09. The fourth-order valence-electron chi connectivity index (χ4n) is 2.84. The molecule has 2 atom stereocenters. The maximum absolute atomic E-state index is 4.48. The highest BCUT2D eigenvalue weighted by molar-refractivity contribution is 5.81. The number of piperidine rings is 1. The molecule has 14 heavy (non-hydrogen) atoms. The average Bonchev–Trinajstić information content (AvgIpc) is 2.88. The largest absolute Gasteiger partial charge is 0.354 e. The third-order valence-corrected chi connectivity index (χ3v) is 3.61. The number of aliphatic imine (C=N–C) groups is 1. The highest BCUT2D eigenvalue weighted by Crippen LogP contribution is 2.24. The molecule has 2 saturated heterocycles. The monoisotopic (exact) mass is 194 g/mol. The summed E-state index contributed by atoms with van der Waals surface area (Å²) in [6.45, 7) is 5.56. The smallest absolute Gasteiger partial charge is 0.194 e.